The number of rotatable bonds is 5. The molecule has 1 aliphatic heterocycles. The molecule has 2 heterocycles. The summed E-state index contributed by atoms with van der Waals surface area (Å²) < 4.78 is 5.13. The fourth-order valence-corrected chi connectivity index (χ4v) is 3.35. The zero-order valence-corrected chi connectivity index (χ0v) is 15.7. The van der Waals surface area contributed by atoms with Gasteiger partial charge in [0, 0.05) is 37.0 Å². The number of benzene rings is 1. The molecule has 0 radical (unpaired) electrons. The molecule has 0 aliphatic carbocycles. The van der Waals surface area contributed by atoms with Crippen LogP contribution in [-0.4, -0.2) is 41.9 Å². The molecule has 1 N–H and O–H groups in total. The number of ether oxygens (including phenoxy) is 1. The van der Waals surface area contributed by atoms with E-state index in [0.717, 1.165) is 11.3 Å². The molecule has 142 valence electrons. The molecule has 1 atom stereocenters. The highest BCUT2D eigenvalue weighted by Crippen LogP contribution is 2.23. The maximum atomic E-state index is 12.7. The molecule has 0 spiro atoms. The molecule has 1 aliphatic rings. The zero-order valence-electron chi connectivity index (χ0n) is 15.7. The SMILES string of the molecule is COc1ccc(C(=O)C2CCN(C(=O)NC(C)c3ccncc3)CC2)cc1. The van der Waals surface area contributed by atoms with Crippen molar-refractivity contribution in [2.45, 2.75) is 25.8 Å². The average Bonchev–Trinajstić information content (AvgIpc) is 2.74. The minimum Gasteiger partial charge on any atom is -0.497 e. The van der Waals surface area contributed by atoms with Crippen molar-refractivity contribution in [2.75, 3.05) is 20.2 Å². The lowest BCUT2D eigenvalue weighted by molar-refractivity contribution is 0.0853. The van der Waals surface area contributed by atoms with Gasteiger partial charge in [-0.25, -0.2) is 4.79 Å². The van der Waals surface area contributed by atoms with Crippen LogP contribution in [0.15, 0.2) is 48.8 Å². The summed E-state index contributed by atoms with van der Waals surface area (Å²) in [7, 11) is 1.60. The first-order chi connectivity index (χ1) is 13.1. The van der Waals surface area contributed by atoms with Gasteiger partial charge in [0.15, 0.2) is 5.78 Å². The first-order valence-electron chi connectivity index (χ1n) is 9.22. The normalized spacial score (nSPS) is 15.9. The Morgan fingerprint density at radius 3 is 2.33 bits per heavy atom. The number of aromatic nitrogens is 1. The van der Waals surface area contributed by atoms with Gasteiger partial charge in [0.1, 0.15) is 5.75 Å². The molecule has 3 rings (SSSR count). The average molecular weight is 367 g/mol. The first-order valence-corrected chi connectivity index (χ1v) is 9.22. The molecule has 0 saturated carbocycles. The quantitative estimate of drug-likeness (QED) is 0.822. The van der Waals surface area contributed by atoms with Crippen molar-refractivity contribution in [3.8, 4) is 5.75 Å². The number of hydrogen-bond donors (Lipinski definition) is 1. The minimum atomic E-state index is -0.0883. The largest absolute Gasteiger partial charge is 0.497 e. The van der Waals surface area contributed by atoms with Crippen molar-refractivity contribution in [3.63, 3.8) is 0 Å². The lowest BCUT2D eigenvalue weighted by Crippen LogP contribution is -2.46. The number of methoxy groups -OCH3 is 1. The Morgan fingerprint density at radius 1 is 1.11 bits per heavy atom. The van der Waals surface area contributed by atoms with Gasteiger partial charge >= 0.3 is 6.03 Å². The highest BCUT2D eigenvalue weighted by molar-refractivity contribution is 5.98. The molecule has 2 amide bonds. The molecule has 1 aromatic heterocycles. The van der Waals surface area contributed by atoms with Crippen LogP contribution in [0.4, 0.5) is 4.79 Å². The molecule has 2 aromatic rings. The predicted octanol–water partition coefficient (Wildman–Crippen LogP) is 3.46. The molecule has 1 saturated heterocycles. The van der Waals surface area contributed by atoms with E-state index in [1.165, 1.54) is 0 Å². The third-order valence-corrected chi connectivity index (χ3v) is 5.07. The van der Waals surface area contributed by atoms with Crippen LogP contribution >= 0.6 is 0 Å². The van der Waals surface area contributed by atoms with Crippen LogP contribution in [0.3, 0.4) is 0 Å². The van der Waals surface area contributed by atoms with Gasteiger partial charge in [0.05, 0.1) is 13.2 Å². The molecule has 0 bridgehead atoms. The number of nitrogens with one attached hydrogen (secondary N) is 1. The van der Waals surface area contributed by atoms with Crippen LogP contribution in [0, 0.1) is 5.92 Å². The van der Waals surface area contributed by atoms with Crippen LogP contribution < -0.4 is 10.1 Å². The topological polar surface area (TPSA) is 71.5 Å². The van der Waals surface area contributed by atoms with E-state index < -0.39 is 0 Å². The summed E-state index contributed by atoms with van der Waals surface area (Å²) in [5, 5.41) is 3.01. The van der Waals surface area contributed by atoms with Crippen molar-refractivity contribution in [1.29, 1.82) is 0 Å². The Hall–Kier alpha value is -2.89. The number of urea groups is 1. The van der Waals surface area contributed by atoms with Crippen LogP contribution in [-0.2, 0) is 0 Å². The van der Waals surface area contributed by atoms with E-state index in [-0.39, 0.29) is 23.8 Å². The van der Waals surface area contributed by atoms with Crippen molar-refractivity contribution < 1.29 is 14.3 Å². The van der Waals surface area contributed by atoms with Gasteiger partial charge in [-0.3, -0.25) is 9.78 Å². The summed E-state index contributed by atoms with van der Waals surface area (Å²) >= 11 is 0. The number of hydrogen-bond acceptors (Lipinski definition) is 4. The lowest BCUT2D eigenvalue weighted by Gasteiger charge is -2.32. The van der Waals surface area contributed by atoms with E-state index >= 15 is 0 Å². The summed E-state index contributed by atoms with van der Waals surface area (Å²) in [6, 6.07) is 10.8. The van der Waals surface area contributed by atoms with E-state index in [0.29, 0.717) is 31.5 Å². The second-order valence-electron chi connectivity index (χ2n) is 6.81. The molecule has 27 heavy (non-hydrogen) atoms. The van der Waals surface area contributed by atoms with Crippen LogP contribution in [0.25, 0.3) is 0 Å². The Balaban J connectivity index is 1.51. The predicted molar refractivity (Wildman–Crippen MR) is 103 cm³/mol. The lowest BCUT2D eigenvalue weighted by atomic mass is 9.89. The number of ketones is 1. The maximum absolute atomic E-state index is 12.7. The number of nitrogens with zero attached hydrogens (tertiary/aromatic N) is 2. The minimum absolute atomic E-state index is 0.0416. The molecule has 6 heteroatoms. The van der Waals surface area contributed by atoms with Gasteiger partial charge in [0.2, 0.25) is 0 Å². The molecular weight excluding hydrogens is 342 g/mol. The Labute approximate surface area is 159 Å². The maximum Gasteiger partial charge on any atom is 0.317 e. The summed E-state index contributed by atoms with van der Waals surface area (Å²) in [6.45, 7) is 3.12. The number of piperidine rings is 1. The number of Topliss-reactive ketones (excluding diaryl/α,β-unsaturated/α-hetero) is 1. The molecule has 1 unspecified atom stereocenters. The summed E-state index contributed by atoms with van der Waals surface area (Å²) in [4.78, 5) is 31.0. The van der Waals surface area contributed by atoms with Gasteiger partial charge in [-0.2, -0.15) is 0 Å². The smallest absolute Gasteiger partial charge is 0.317 e. The standard InChI is InChI=1S/C21H25N3O3/c1-15(16-7-11-22-12-8-16)23-21(26)24-13-9-18(10-14-24)20(25)17-3-5-19(27-2)6-4-17/h3-8,11-12,15,18H,9-10,13-14H2,1-2H3,(H,23,26). The van der Waals surface area contributed by atoms with E-state index in [1.807, 2.05) is 19.1 Å². The van der Waals surface area contributed by atoms with E-state index in [2.05, 4.69) is 10.3 Å². The second-order valence-corrected chi connectivity index (χ2v) is 6.81. The summed E-state index contributed by atoms with van der Waals surface area (Å²) in [5.41, 5.74) is 1.72. The fourth-order valence-electron chi connectivity index (χ4n) is 3.35. The highest BCUT2D eigenvalue weighted by Gasteiger charge is 2.28. The first kappa shape index (κ1) is 18.9. The molecule has 1 fully saturated rings. The molecular formula is C21H25N3O3. The van der Waals surface area contributed by atoms with Gasteiger partial charge in [-0.1, -0.05) is 0 Å². The van der Waals surface area contributed by atoms with Crippen LogP contribution in [0.2, 0.25) is 0 Å². The molecule has 1 aromatic carbocycles. The third kappa shape index (κ3) is 4.64. The van der Waals surface area contributed by atoms with Crippen molar-refractivity contribution in [3.05, 3.63) is 59.9 Å². The second kappa shape index (κ2) is 8.66. The van der Waals surface area contributed by atoms with Gasteiger partial charge < -0.3 is 15.0 Å². The monoisotopic (exact) mass is 367 g/mol. The number of pyridine rings is 1. The van der Waals surface area contributed by atoms with Crippen molar-refractivity contribution in [1.82, 2.24) is 15.2 Å². The van der Waals surface area contributed by atoms with Crippen LogP contribution in [0.5, 0.6) is 5.75 Å². The summed E-state index contributed by atoms with van der Waals surface area (Å²) in [6.07, 6.45) is 4.80. The number of amides is 2. The van der Waals surface area contributed by atoms with Crippen molar-refractivity contribution in [2.24, 2.45) is 5.92 Å². The fraction of sp³-hybridized carbons (Fsp3) is 0.381. The third-order valence-electron chi connectivity index (χ3n) is 5.07. The Bertz CT molecular complexity index is 769. The van der Waals surface area contributed by atoms with E-state index in [9.17, 15) is 9.59 Å². The van der Waals surface area contributed by atoms with Crippen molar-refractivity contribution >= 4 is 11.8 Å². The van der Waals surface area contributed by atoms with Gasteiger partial charge in [-0.05, 0) is 61.7 Å². The van der Waals surface area contributed by atoms with Crippen LogP contribution in [0.1, 0.15) is 41.7 Å². The van der Waals surface area contributed by atoms with E-state index in [4.69, 9.17) is 4.74 Å². The number of carbonyl (C=O) groups is 2. The summed E-state index contributed by atoms with van der Waals surface area (Å²) in [5.74, 6) is 0.837. The van der Waals surface area contributed by atoms with Gasteiger partial charge in [-0.15, -0.1) is 0 Å². The Kier molecular flexibility index (Phi) is 6.06. The zero-order chi connectivity index (χ0) is 19.2. The highest BCUT2D eigenvalue weighted by atomic mass is 16.5. The number of carbonyl (C=O) groups excluding carboxylic acids is 2. The number of likely N-dealkylation sites (tertiary alicyclic amines) is 1. The molecule has 6 nitrogen and oxygen atoms in total. The van der Waals surface area contributed by atoms with Gasteiger partial charge in [0.25, 0.3) is 0 Å². The Morgan fingerprint density at radius 2 is 1.74 bits per heavy atom. The van der Waals surface area contributed by atoms with E-state index in [1.54, 1.807) is 48.7 Å².